The van der Waals surface area contributed by atoms with Crippen molar-refractivity contribution in [1.29, 1.82) is 0 Å². The van der Waals surface area contributed by atoms with Gasteiger partial charge < -0.3 is 5.32 Å². The van der Waals surface area contributed by atoms with E-state index in [1.165, 1.54) is 18.6 Å². The van der Waals surface area contributed by atoms with E-state index in [4.69, 9.17) is 0 Å². The van der Waals surface area contributed by atoms with Gasteiger partial charge in [0.1, 0.15) is 11.6 Å². The van der Waals surface area contributed by atoms with Crippen molar-refractivity contribution >= 4 is 11.8 Å². The lowest BCUT2D eigenvalue weighted by molar-refractivity contribution is 0.445. The summed E-state index contributed by atoms with van der Waals surface area (Å²) in [5.41, 5.74) is 0.423. The van der Waals surface area contributed by atoms with Crippen LogP contribution in [0.5, 0.6) is 0 Å². The summed E-state index contributed by atoms with van der Waals surface area (Å²) in [5, 5.41) is 4.15. The summed E-state index contributed by atoms with van der Waals surface area (Å²) in [5.74, 6) is 0.431. The second-order valence-corrected chi connectivity index (χ2v) is 6.72. The molecule has 3 atom stereocenters. The Morgan fingerprint density at radius 3 is 2.89 bits per heavy atom. The molecule has 1 fully saturated rings. The second kappa shape index (κ2) is 6.71. The summed E-state index contributed by atoms with van der Waals surface area (Å²) in [6.45, 7) is 4.08. The van der Waals surface area contributed by atoms with Crippen molar-refractivity contribution < 1.29 is 8.78 Å². The maximum absolute atomic E-state index is 13.7. The maximum atomic E-state index is 13.7. The molecule has 0 spiro atoms. The Labute approximate surface area is 118 Å². The van der Waals surface area contributed by atoms with Crippen LogP contribution < -0.4 is 5.32 Å². The Hall–Kier alpha value is -0.610. The Morgan fingerprint density at radius 1 is 1.37 bits per heavy atom. The van der Waals surface area contributed by atoms with Gasteiger partial charge in [-0.3, -0.25) is 0 Å². The molecule has 0 bridgehead atoms. The molecule has 0 aromatic heterocycles. The van der Waals surface area contributed by atoms with Gasteiger partial charge in [-0.25, -0.2) is 8.78 Å². The van der Waals surface area contributed by atoms with Crippen molar-refractivity contribution in [2.24, 2.45) is 0 Å². The molecule has 1 aromatic rings. The van der Waals surface area contributed by atoms with Gasteiger partial charge in [0, 0.05) is 22.9 Å². The number of hydrogen-bond donors (Lipinski definition) is 1. The molecular weight excluding hydrogens is 264 g/mol. The van der Waals surface area contributed by atoms with Crippen molar-refractivity contribution in [2.45, 2.75) is 50.4 Å². The molecule has 0 aliphatic heterocycles. The first-order valence-corrected chi connectivity index (χ1v) is 7.97. The fraction of sp³-hybridized carbons (Fsp3) is 0.600. The van der Waals surface area contributed by atoms with E-state index in [1.54, 1.807) is 0 Å². The standard InChI is InChI=1S/C15H21F2NS/c1-3-19-13-6-5-12(9-13)18-10(2)14-8-11(16)4-7-15(14)17/h4,7-8,10,12-13,18H,3,5-6,9H2,1-2H3. The minimum Gasteiger partial charge on any atom is -0.307 e. The van der Waals surface area contributed by atoms with E-state index in [-0.39, 0.29) is 17.7 Å². The van der Waals surface area contributed by atoms with Gasteiger partial charge in [-0.1, -0.05) is 6.92 Å². The topological polar surface area (TPSA) is 12.0 Å². The normalized spacial score (nSPS) is 24.6. The third kappa shape index (κ3) is 3.93. The molecule has 1 aliphatic carbocycles. The molecule has 2 rings (SSSR count). The van der Waals surface area contributed by atoms with Crippen LogP contribution in [0.25, 0.3) is 0 Å². The minimum atomic E-state index is -0.379. The highest BCUT2D eigenvalue weighted by Crippen LogP contribution is 2.31. The van der Waals surface area contributed by atoms with Gasteiger partial charge in [-0.2, -0.15) is 11.8 Å². The largest absolute Gasteiger partial charge is 0.307 e. The van der Waals surface area contributed by atoms with Gasteiger partial charge >= 0.3 is 0 Å². The molecule has 0 saturated heterocycles. The summed E-state index contributed by atoms with van der Waals surface area (Å²) < 4.78 is 26.9. The summed E-state index contributed by atoms with van der Waals surface area (Å²) in [6, 6.07) is 3.93. The zero-order valence-electron chi connectivity index (χ0n) is 11.5. The zero-order chi connectivity index (χ0) is 13.8. The average molecular weight is 285 g/mol. The van der Waals surface area contributed by atoms with Crippen LogP contribution in [0.15, 0.2) is 18.2 Å². The first-order valence-electron chi connectivity index (χ1n) is 6.92. The van der Waals surface area contributed by atoms with Crippen LogP contribution in [0, 0.1) is 11.6 Å². The molecular formula is C15H21F2NS. The summed E-state index contributed by atoms with van der Waals surface area (Å²) >= 11 is 2.00. The second-order valence-electron chi connectivity index (χ2n) is 5.14. The lowest BCUT2D eigenvalue weighted by atomic mass is 10.1. The van der Waals surface area contributed by atoms with Crippen LogP contribution in [0.3, 0.4) is 0 Å². The monoisotopic (exact) mass is 285 g/mol. The van der Waals surface area contributed by atoms with Crippen molar-refractivity contribution in [3.63, 3.8) is 0 Å². The highest BCUT2D eigenvalue weighted by molar-refractivity contribution is 7.99. The predicted molar refractivity (Wildman–Crippen MR) is 77.5 cm³/mol. The number of nitrogens with one attached hydrogen (secondary N) is 1. The van der Waals surface area contributed by atoms with E-state index in [0.717, 1.165) is 24.7 Å². The van der Waals surface area contributed by atoms with Crippen molar-refractivity contribution in [1.82, 2.24) is 5.32 Å². The molecule has 106 valence electrons. The minimum absolute atomic E-state index is 0.147. The first kappa shape index (κ1) is 14.8. The van der Waals surface area contributed by atoms with Gasteiger partial charge in [-0.05, 0) is 50.1 Å². The van der Waals surface area contributed by atoms with Gasteiger partial charge in [0.2, 0.25) is 0 Å². The highest BCUT2D eigenvalue weighted by atomic mass is 32.2. The zero-order valence-corrected chi connectivity index (χ0v) is 12.3. The van der Waals surface area contributed by atoms with E-state index >= 15 is 0 Å². The van der Waals surface area contributed by atoms with Crippen molar-refractivity contribution in [2.75, 3.05) is 5.75 Å². The van der Waals surface area contributed by atoms with Gasteiger partial charge in [0.05, 0.1) is 0 Å². The van der Waals surface area contributed by atoms with Crippen LogP contribution in [0.2, 0.25) is 0 Å². The van der Waals surface area contributed by atoms with Gasteiger partial charge in [0.25, 0.3) is 0 Å². The maximum Gasteiger partial charge on any atom is 0.128 e. The number of benzene rings is 1. The number of thioether (sulfide) groups is 1. The molecule has 1 aromatic carbocycles. The fourth-order valence-corrected chi connectivity index (χ4v) is 3.91. The quantitative estimate of drug-likeness (QED) is 0.866. The van der Waals surface area contributed by atoms with Crippen LogP contribution in [0.1, 0.15) is 44.7 Å². The van der Waals surface area contributed by atoms with E-state index in [2.05, 4.69) is 12.2 Å². The highest BCUT2D eigenvalue weighted by Gasteiger charge is 2.26. The molecule has 0 radical (unpaired) electrons. The lowest BCUT2D eigenvalue weighted by Crippen LogP contribution is -2.30. The van der Waals surface area contributed by atoms with E-state index < -0.39 is 0 Å². The van der Waals surface area contributed by atoms with E-state index in [0.29, 0.717) is 16.9 Å². The smallest absolute Gasteiger partial charge is 0.128 e. The van der Waals surface area contributed by atoms with Gasteiger partial charge in [0.15, 0.2) is 0 Å². The first-order chi connectivity index (χ1) is 9.10. The fourth-order valence-electron chi connectivity index (χ4n) is 2.77. The van der Waals surface area contributed by atoms with Crippen molar-refractivity contribution in [3.05, 3.63) is 35.4 Å². The molecule has 1 saturated carbocycles. The van der Waals surface area contributed by atoms with E-state index in [1.807, 2.05) is 18.7 Å². The Balaban J connectivity index is 1.94. The molecule has 3 unspecified atom stereocenters. The van der Waals surface area contributed by atoms with Crippen molar-refractivity contribution in [3.8, 4) is 0 Å². The van der Waals surface area contributed by atoms with E-state index in [9.17, 15) is 8.78 Å². The van der Waals surface area contributed by atoms with Gasteiger partial charge in [-0.15, -0.1) is 0 Å². The predicted octanol–water partition coefficient (Wildman–Crippen LogP) is 4.29. The number of rotatable bonds is 5. The summed E-state index contributed by atoms with van der Waals surface area (Å²) in [4.78, 5) is 0. The molecule has 19 heavy (non-hydrogen) atoms. The van der Waals surface area contributed by atoms with Crippen LogP contribution in [-0.2, 0) is 0 Å². The number of halogens is 2. The Morgan fingerprint density at radius 2 is 2.16 bits per heavy atom. The Kier molecular flexibility index (Phi) is 5.22. The molecule has 0 heterocycles. The lowest BCUT2D eigenvalue weighted by Gasteiger charge is -2.20. The molecule has 1 aliphatic rings. The van der Waals surface area contributed by atoms with Crippen LogP contribution in [-0.4, -0.2) is 17.0 Å². The molecule has 1 N–H and O–H groups in total. The third-order valence-electron chi connectivity index (χ3n) is 3.70. The van der Waals surface area contributed by atoms with Crippen LogP contribution in [0.4, 0.5) is 8.78 Å². The number of hydrogen-bond acceptors (Lipinski definition) is 2. The summed E-state index contributed by atoms with van der Waals surface area (Å²) in [7, 11) is 0. The molecule has 1 nitrogen and oxygen atoms in total. The average Bonchev–Trinajstić information content (AvgIpc) is 2.80. The SMILES string of the molecule is CCSC1CCC(NC(C)c2cc(F)ccc2F)C1. The summed E-state index contributed by atoms with van der Waals surface area (Å²) in [6.07, 6.45) is 3.47. The Bertz CT molecular complexity index is 425. The van der Waals surface area contributed by atoms with Crippen LogP contribution >= 0.6 is 11.8 Å². The molecule has 0 amide bonds. The third-order valence-corrected chi connectivity index (χ3v) is 4.93. The molecule has 4 heteroatoms.